The molecule has 1 aromatic heterocycles. The largest absolute Gasteiger partial charge is 0.573 e. The van der Waals surface area contributed by atoms with Crippen LogP contribution in [0.1, 0.15) is 10.4 Å². The molecule has 2 aromatic carbocycles. The second kappa shape index (κ2) is 8.17. The molecule has 0 saturated carbocycles. The second-order valence-corrected chi connectivity index (χ2v) is 6.01. The molecular weight excluding hydrogens is 432 g/mol. The lowest BCUT2D eigenvalue weighted by Crippen LogP contribution is -2.18. The van der Waals surface area contributed by atoms with E-state index in [4.69, 9.17) is 0 Å². The Hall–Kier alpha value is -3.76. The number of aromatic carboxylic acids is 1. The molecule has 3 rings (SSSR count). The number of alkyl halides is 6. The number of halogens is 6. The van der Waals surface area contributed by atoms with Crippen LogP contribution in [0.25, 0.3) is 22.4 Å². The maximum atomic E-state index is 12.8. The Morgan fingerprint density at radius 2 is 1.26 bits per heavy atom. The normalized spacial score (nSPS) is 11.8. The molecule has 0 aliphatic rings. The third-order valence-corrected chi connectivity index (χ3v) is 3.91. The summed E-state index contributed by atoms with van der Waals surface area (Å²) in [5.41, 5.74) is -1.27. The zero-order valence-electron chi connectivity index (χ0n) is 15.2. The van der Waals surface area contributed by atoms with Crippen molar-refractivity contribution in [3.05, 3.63) is 66.4 Å². The van der Waals surface area contributed by atoms with Crippen molar-refractivity contribution in [2.24, 2.45) is 0 Å². The fourth-order valence-corrected chi connectivity index (χ4v) is 2.78. The van der Waals surface area contributed by atoms with Crippen molar-refractivity contribution in [2.75, 3.05) is 0 Å². The molecule has 0 aliphatic carbocycles. The van der Waals surface area contributed by atoms with Gasteiger partial charge in [0.1, 0.15) is 11.5 Å². The van der Waals surface area contributed by atoms with Crippen molar-refractivity contribution in [3.8, 4) is 33.9 Å². The molecule has 0 spiro atoms. The smallest absolute Gasteiger partial charge is 0.478 e. The molecular formula is C20H11F6NO4. The average Bonchev–Trinajstić information content (AvgIpc) is 2.66. The summed E-state index contributed by atoms with van der Waals surface area (Å²) in [5, 5.41) is 9.26. The highest BCUT2D eigenvalue weighted by Crippen LogP contribution is 2.42. The molecule has 0 atom stereocenters. The summed E-state index contributed by atoms with van der Waals surface area (Å²) in [6.07, 6.45) is -9.24. The number of ether oxygens (including phenoxy) is 2. The minimum Gasteiger partial charge on any atom is -0.478 e. The number of hydrogen-bond acceptors (Lipinski definition) is 4. The van der Waals surface area contributed by atoms with E-state index in [-0.39, 0.29) is 22.4 Å². The number of nitrogens with zero attached hydrogens (tertiary/aromatic N) is 1. The van der Waals surface area contributed by atoms with Crippen LogP contribution < -0.4 is 9.47 Å². The number of rotatable bonds is 5. The van der Waals surface area contributed by atoms with E-state index >= 15 is 0 Å². The number of carboxylic acids is 1. The van der Waals surface area contributed by atoms with Crippen molar-refractivity contribution in [1.82, 2.24) is 4.98 Å². The first-order chi connectivity index (χ1) is 14.4. The van der Waals surface area contributed by atoms with Crippen LogP contribution in [0.4, 0.5) is 26.3 Å². The Balaban J connectivity index is 2.27. The van der Waals surface area contributed by atoms with Crippen molar-refractivity contribution >= 4 is 5.97 Å². The van der Waals surface area contributed by atoms with Crippen LogP contribution in [0.3, 0.4) is 0 Å². The first kappa shape index (κ1) is 21.9. The zero-order chi connectivity index (χ0) is 22.8. The van der Waals surface area contributed by atoms with Crippen LogP contribution in [0, 0.1) is 0 Å². The number of carboxylic acid groups (broad SMARTS) is 1. The van der Waals surface area contributed by atoms with Crippen molar-refractivity contribution in [3.63, 3.8) is 0 Å². The highest BCUT2D eigenvalue weighted by atomic mass is 19.4. The highest BCUT2D eigenvalue weighted by Gasteiger charge is 2.34. The lowest BCUT2D eigenvalue weighted by atomic mass is 9.96. The van der Waals surface area contributed by atoms with Crippen molar-refractivity contribution in [1.29, 1.82) is 0 Å². The number of carbonyl (C=O) groups is 1. The summed E-state index contributed by atoms with van der Waals surface area (Å²) < 4.78 is 85.0. The predicted octanol–water partition coefficient (Wildman–Crippen LogP) is 5.91. The van der Waals surface area contributed by atoms with Crippen LogP contribution in [0.5, 0.6) is 11.5 Å². The lowest BCUT2D eigenvalue weighted by Gasteiger charge is -2.18. The predicted molar refractivity (Wildman–Crippen MR) is 95.4 cm³/mol. The maximum absolute atomic E-state index is 12.8. The molecule has 0 amide bonds. The van der Waals surface area contributed by atoms with E-state index in [0.717, 1.165) is 24.4 Å². The van der Waals surface area contributed by atoms with Crippen LogP contribution in [-0.2, 0) is 0 Å². The van der Waals surface area contributed by atoms with Gasteiger partial charge in [-0.05, 0) is 24.3 Å². The van der Waals surface area contributed by atoms with Gasteiger partial charge in [0.25, 0.3) is 0 Å². The number of benzene rings is 2. The summed E-state index contributed by atoms with van der Waals surface area (Å²) in [5.74, 6) is -2.79. The van der Waals surface area contributed by atoms with E-state index in [0.29, 0.717) is 0 Å². The number of para-hydroxylation sites is 2. The van der Waals surface area contributed by atoms with E-state index in [1.807, 2.05) is 0 Å². The van der Waals surface area contributed by atoms with Gasteiger partial charge in [-0.15, -0.1) is 26.3 Å². The van der Waals surface area contributed by atoms with Crippen LogP contribution in [0.15, 0.2) is 60.8 Å². The van der Waals surface area contributed by atoms with Crippen LogP contribution >= 0.6 is 0 Å². The van der Waals surface area contributed by atoms with Gasteiger partial charge in [0, 0.05) is 22.9 Å². The molecule has 162 valence electrons. The quantitative estimate of drug-likeness (QED) is 0.497. The summed E-state index contributed by atoms with van der Waals surface area (Å²) in [4.78, 5) is 15.3. The molecule has 5 nitrogen and oxygen atoms in total. The Labute approximate surface area is 170 Å². The van der Waals surface area contributed by atoms with Gasteiger partial charge >= 0.3 is 18.7 Å². The topological polar surface area (TPSA) is 68.7 Å². The fraction of sp³-hybridized carbons (Fsp3) is 0.100. The molecule has 0 bridgehead atoms. The van der Waals surface area contributed by atoms with Crippen molar-refractivity contribution in [2.45, 2.75) is 12.7 Å². The monoisotopic (exact) mass is 443 g/mol. The molecule has 3 aromatic rings. The number of pyridine rings is 1. The standard InChI is InChI=1S/C20H11F6NO4/c21-19(22,23)30-15-7-3-1-5-12(15)14-9-11(18(28)29)10-27-17(14)13-6-2-4-8-16(13)31-20(24,25)26/h1-10H,(H,28,29). The number of aromatic nitrogens is 1. The molecule has 11 heteroatoms. The Kier molecular flexibility index (Phi) is 5.78. The molecule has 0 fully saturated rings. The maximum Gasteiger partial charge on any atom is 0.573 e. The summed E-state index contributed by atoms with van der Waals surface area (Å²) in [6.45, 7) is 0. The van der Waals surface area contributed by atoms with E-state index in [1.54, 1.807) is 0 Å². The van der Waals surface area contributed by atoms with Crippen LogP contribution in [0.2, 0.25) is 0 Å². The van der Waals surface area contributed by atoms with Gasteiger partial charge in [0.05, 0.1) is 11.3 Å². The SMILES string of the molecule is O=C(O)c1cnc(-c2ccccc2OC(F)(F)F)c(-c2ccccc2OC(F)(F)F)c1. The van der Waals surface area contributed by atoms with Gasteiger partial charge in [-0.25, -0.2) is 4.79 Å². The second-order valence-electron chi connectivity index (χ2n) is 6.01. The minimum absolute atomic E-state index is 0.196. The summed E-state index contributed by atoms with van der Waals surface area (Å²) in [6, 6.07) is 10.6. The zero-order valence-corrected chi connectivity index (χ0v) is 15.2. The first-order valence-electron chi connectivity index (χ1n) is 8.38. The first-order valence-corrected chi connectivity index (χ1v) is 8.38. The van der Waals surface area contributed by atoms with E-state index in [9.17, 15) is 36.2 Å². The van der Waals surface area contributed by atoms with Crippen LogP contribution in [-0.4, -0.2) is 28.8 Å². The fourth-order valence-electron chi connectivity index (χ4n) is 2.78. The Morgan fingerprint density at radius 1 is 0.774 bits per heavy atom. The molecule has 1 N–H and O–H groups in total. The summed E-state index contributed by atoms with van der Waals surface area (Å²) in [7, 11) is 0. The number of hydrogen-bond donors (Lipinski definition) is 1. The van der Waals surface area contributed by atoms with E-state index < -0.39 is 35.8 Å². The molecule has 1 heterocycles. The average molecular weight is 443 g/mol. The molecule has 0 radical (unpaired) electrons. The van der Waals surface area contributed by atoms with Gasteiger partial charge in [-0.2, -0.15) is 0 Å². The minimum atomic E-state index is -5.06. The van der Waals surface area contributed by atoms with Gasteiger partial charge in [0.2, 0.25) is 0 Å². The lowest BCUT2D eigenvalue weighted by molar-refractivity contribution is -0.275. The Morgan fingerprint density at radius 3 is 1.77 bits per heavy atom. The van der Waals surface area contributed by atoms with E-state index in [1.165, 1.54) is 36.4 Å². The van der Waals surface area contributed by atoms with Gasteiger partial charge < -0.3 is 14.6 Å². The highest BCUT2D eigenvalue weighted by molar-refractivity contribution is 5.93. The molecule has 0 aliphatic heterocycles. The van der Waals surface area contributed by atoms with Gasteiger partial charge in [0.15, 0.2) is 0 Å². The van der Waals surface area contributed by atoms with E-state index in [2.05, 4.69) is 14.5 Å². The molecule has 0 saturated heterocycles. The third kappa shape index (κ3) is 5.44. The van der Waals surface area contributed by atoms with Gasteiger partial charge in [-0.3, -0.25) is 4.98 Å². The Bertz CT molecular complexity index is 1110. The molecule has 31 heavy (non-hydrogen) atoms. The summed E-state index contributed by atoms with van der Waals surface area (Å²) >= 11 is 0. The van der Waals surface area contributed by atoms with Crippen molar-refractivity contribution < 1.29 is 45.7 Å². The molecule has 0 unspecified atom stereocenters. The van der Waals surface area contributed by atoms with Gasteiger partial charge in [-0.1, -0.05) is 30.3 Å². The third-order valence-electron chi connectivity index (χ3n) is 3.91.